The number of Topliss-reactive ketones (excluding diaryl/α,β-unsaturated/α-hetero) is 2. The molecular formula is C44H22N4O2S4. The number of hydrogen-bond acceptors (Lipinski definition) is 8. The number of fused-ring (bicyclic) bond motifs is 10. The Balaban J connectivity index is 1.10. The van der Waals surface area contributed by atoms with Crippen molar-refractivity contribution in [2.24, 2.45) is 0 Å². The molecule has 1 fully saturated rings. The van der Waals surface area contributed by atoms with Crippen LogP contribution >= 0.6 is 45.3 Å². The number of rotatable bonds is 2. The third kappa shape index (κ3) is 4.37. The SMILES string of the molecule is [C-]#[N+]/C(C#N)=C1\C(=C/c2cc3sc4c5sc6c(c5sc4c3s2)C2(CCCCC2)C(/C=C2\C(=O)c3ccccc3\C2=C(\C#N)[N+]#[C-])=C6)C(=O)c2ccccc21. The standard InChI is InChI=1S/C44H22N4O2S4/c1-47-30(20-45)34-24-10-4-6-12-26(24)37(49)28(34)16-22-17-32-36(44(22)14-8-3-9-15-44)40-42(52-32)43-41(54-40)39-33(53-43)19-23(51-39)18-29-35(31(21-46)48-2)25-11-5-7-13-27(25)38(29)50/h4-7,10-13,16-19H,3,8-9,14-15H2/b28-16-,29-18+,34-30+,35-31-. The van der Waals surface area contributed by atoms with Crippen LogP contribution in [0, 0.1) is 35.8 Å². The topological polar surface area (TPSA) is 90.4 Å². The zero-order chi connectivity index (χ0) is 36.9. The van der Waals surface area contributed by atoms with Gasteiger partial charge in [0.05, 0.1) is 48.8 Å². The van der Waals surface area contributed by atoms with Gasteiger partial charge in [-0.3, -0.25) is 9.59 Å². The van der Waals surface area contributed by atoms with Crippen LogP contribution in [0.3, 0.4) is 0 Å². The van der Waals surface area contributed by atoms with Gasteiger partial charge in [-0.1, -0.05) is 67.8 Å². The minimum absolute atomic E-state index is 0.0625. The van der Waals surface area contributed by atoms with Crippen LogP contribution in [0.5, 0.6) is 0 Å². The van der Waals surface area contributed by atoms with Gasteiger partial charge in [-0.05, 0) is 59.4 Å². The summed E-state index contributed by atoms with van der Waals surface area (Å²) >= 11 is 7.02. The zero-order valence-corrected chi connectivity index (χ0v) is 31.5. The van der Waals surface area contributed by atoms with Crippen LogP contribution in [-0.4, -0.2) is 11.6 Å². The summed E-state index contributed by atoms with van der Waals surface area (Å²) in [5.41, 5.74) is 6.00. The number of thiophene rings is 4. The maximum atomic E-state index is 13.9. The molecule has 0 N–H and O–H groups in total. The highest BCUT2D eigenvalue weighted by Crippen LogP contribution is 2.61. The Morgan fingerprint density at radius 1 is 0.685 bits per heavy atom. The van der Waals surface area contributed by atoms with Crippen LogP contribution in [0.2, 0.25) is 0 Å². The van der Waals surface area contributed by atoms with Gasteiger partial charge in [0.1, 0.15) is 0 Å². The van der Waals surface area contributed by atoms with Crippen molar-refractivity contribution in [1.29, 1.82) is 10.5 Å². The zero-order valence-electron chi connectivity index (χ0n) is 28.2. The number of ketones is 2. The van der Waals surface area contributed by atoms with Crippen molar-refractivity contribution in [3.63, 3.8) is 0 Å². The molecule has 0 unspecified atom stereocenters. The Kier molecular flexibility index (Phi) is 7.27. The first-order valence-corrected chi connectivity index (χ1v) is 20.6. The van der Waals surface area contributed by atoms with Gasteiger partial charge in [-0.2, -0.15) is 0 Å². The number of nitrogens with zero attached hydrogens (tertiary/aromatic N) is 4. The van der Waals surface area contributed by atoms with E-state index in [4.69, 9.17) is 13.1 Å². The lowest BCUT2D eigenvalue weighted by atomic mass is 9.67. The molecule has 2 aromatic carbocycles. The van der Waals surface area contributed by atoms with Crippen molar-refractivity contribution < 1.29 is 9.59 Å². The fourth-order valence-corrected chi connectivity index (χ4v) is 14.8. The molecule has 0 saturated heterocycles. The lowest BCUT2D eigenvalue weighted by molar-refractivity contribution is 0.103. The van der Waals surface area contributed by atoms with Crippen molar-refractivity contribution in [3.8, 4) is 12.1 Å². The molecule has 10 rings (SSSR count). The Morgan fingerprint density at radius 2 is 1.24 bits per heavy atom. The number of hydrogen-bond donors (Lipinski definition) is 0. The van der Waals surface area contributed by atoms with E-state index in [-0.39, 0.29) is 28.4 Å². The monoisotopic (exact) mass is 766 g/mol. The van der Waals surface area contributed by atoms with E-state index in [1.165, 1.54) is 33.9 Å². The molecule has 1 saturated carbocycles. The molecule has 4 aromatic heterocycles. The molecule has 0 amide bonds. The number of benzene rings is 2. The quantitative estimate of drug-likeness (QED) is 0.0997. The predicted molar refractivity (Wildman–Crippen MR) is 219 cm³/mol. The summed E-state index contributed by atoms with van der Waals surface area (Å²) in [5.74, 6) is -0.318. The predicted octanol–water partition coefficient (Wildman–Crippen LogP) is 12.4. The lowest BCUT2D eigenvalue weighted by Gasteiger charge is -2.36. The largest absolute Gasteiger partial charge is 0.289 e. The average molecular weight is 767 g/mol. The van der Waals surface area contributed by atoms with Gasteiger partial charge in [0.25, 0.3) is 11.4 Å². The van der Waals surface area contributed by atoms with Crippen LogP contribution in [-0.2, 0) is 5.41 Å². The molecule has 54 heavy (non-hydrogen) atoms. The molecule has 6 aromatic rings. The Bertz CT molecular complexity index is 3080. The lowest BCUT2D eigenvalue weighted by Crippen LogP contribution is -2.28. The second-order valence-electron chi connectivity index (χ2n) is 13.7. The molecule has 6 nitrogen and oxygen atoms in total. The molecule has 1 spiro atoms. The second kappa shape index (κ2) is 12.0. The van der Waals surface area contributed by atoms with Gasteiger partial charge in [0.2, 0.25) is 0 Å². The van der Waals surface area contributed by atoms with Crippen LogP contribution in [0.15, 0.2) is 88.8 Å². The Morgan fingerprint density at radius 3 is 1.83 bits per heavy atom. The van der Waals surface area contributed by atoms with Gasteiger partial charge in [-0.25, -0.2) is 20.2 Å². The summed E-state index contributed by atoms with van der Waals surface area (Å²) in [6, 6.07) is 20.6. The highest BCUT2D eigenvalue weighted by Gasteiger charge is 2.46. The molecule has 10 heteroatoms. The van der Waals surface area contributed by atoms with Crippen LogP contribution in [0.1, 0.15) is 79.3 Å². The van der Waals surface area contributed by atoms with Crippen molar-refractivity contribution >= 4 is 108 Å². The van der Waals surface area contributed by atoms with Gasteiger partial charge in [0, 0.05) is 53.3 Å². The molecule has 0 aliphatic heterocycles. The van der Waals surface area contributed by atoms with Crippen molar-refractivity contribution in [2.45, 2.75) is 37.5 Å². The summed E-state index contributed by atoms with van der Waals surface area (Å²) in [6.07, 6.45) is 11.3. The third-order valence-corrected chi connectivity index (χ3v) is 16.4. The van der Waals surface area contributed by atoms with Gasteiger partial charge in [-0.15, -0.1) is 45.3 Å². The summed E-state index contributed by atoms with van der Waals surface area (Å²) in [6.45, 7) is 15.4. The van der Waals surface area contributed by atoms with Gasteiger partial charge in [0.15, 0.2) is 11.6 Å². The number of nitriles is 2. The summed E-state index contributed by atoms with van der Waals surface area (Å²) in [4.78, 5) is 36.6. The molecule has 4 heterocycles. The minimum Gasteiger partial charge on any atom is -0.289 e. The molecule has 4 aliphatic rings. The fourth-order valence-electron chi connectivity index (χ4n) is 8.80. The number of carbonyl (C=O) groups is 2. The first kappa shape index (κ1) is 32.7. The first-order chi connectivity index (χ1) is 26.4. The van der Waals surface area contributed by atoms with E-state index in [1.54, 1.807) is 46.9 Å². The normalized spacial score (nSPS) is 20.3. The Labute approximate surface area is 325 Å². The highest BCUT2D eigenvalue weighted by atomic mass is 32.1. The molecule has 4 aliphatic carbocycles. The van der Waals surface area contributed by atoms with Crippen molar-refractivity contribution in [2.75, 3.05) is 0 Å². The highest BCUT2D eigenvalue weighted by molar-refractivity contribution is 7.44. The van der Waals surface area contributed by atoms with E-state index in [0.29, 0.717) is 44.5 Å². The minimum atomic E-state index is -0.261. The summed E-state index contributed by atoms with van der Waals surface area (Å²) < 4.78 is 7.37. The smallest absolute Gasteiger partial charge is 0.270 e. The third-order valence-electron chi connectivity index (χ3n) is 11.1. The molecule has 0 bridgehead atoms. The Hall–Kier alpha value is -5.98. The maximum absolute atomic E-state index is 13.9. The molecule has 254 valence electrons. The fraction of sp³-hybridized carbons (Fsp3) is 0.136. The molecule has 0 radical (unpaired) electrons. The van der Waals surface area contributed by atoms with E-state index < -0.39 is 0 Å². The van der Waals surface area contributed by atoms with Gasteiger partial charge >= 0.3 is 0 Å². The second-order valence-corrected chi connectivity index (χ2v) is 17.9. The molecule has 0 atom stereocenters. The number of carbonyl (C=O) groups excluding carboxylic acids is 2. The molecular weight excluding hydrogens is 745 g/mol. The van der Waals surface area contributed by atoms with E-state index in [1.807, 2.05) is 65.2 Å². The van der Waals surface area contributed by atoms with E-state index >= 15 is 0 Å². The van der Waals surface area contributed by atoms with Crippen molar-refractivity contribution in [3.05, 3.63) is 149 Å². The maximum Gasteiger partial charge on any atom is 0.270 e. The van der Waals surface area contributed by atoms with Crippen LogP contribution in [0.25, 0.3) is 61.2 Å². The van der Waals surface area contributed by atoms with E-state index in [9.17, 15) is 20.1 Å². The van der Waals surface area contributed by atoms with Crippen LogP contribution in [0.4, 0.5) is 0 Å². The first-order valence-electron chi connectivity index (χ1n) is 17.3. The summed E-state index contributed by atoms with van der Waals surface area (Å²) in [7, 11) is 0. The summed E-state index contributed by atoms with van der Waals surface area (Å²) in [5, 5.41) is 19.7. The number of allylic oxidation sites excluding steroid dienone is 8. The van der Waals surface area contributed by atoms with E-state index in [2.05, 4.69) is 27.9 Å². The van der Waals surface area contributed by atoms with Gasteiger partial charge < -0.3 is 0 Å². The van der Waals surface area contributed by atoms with Crippen LogP contribution < -0.4 is 0 Å². The van der Waals surface area contributed by atoms with Crippen molar-refractivity contribution in [1.82, 2.24) is 0 Å². The average Bonchev–Trinajstić information content (AvgIpc) is 4.05. The van der Waals surface area contributed by atoms with E-state index in [0.717, 1.165) is 47.3 Å².